The van der Waals surface area contributed by atoms with Crippen molar-refractivity contribution in [2.45, 2.75) is 11.9 Å². The quantitative estimate of drug-likeness (QED) is 0.414. The number of hydrogen-bond acceptors (Lipinski definition) is 3. The van der Waals surface area contributed by atoms with E-state index < -0.39 is 16.3 Å². The van der Waals surface area contributed by atoms with Gasteiger partial charge in [0.2, 0.25) is 0 Å². The topological polar surface area (TPSA) is 63.5 Å². The Bertz CT molecular complexity index is 435. The maximum atomic E-state index is 11.5. The number of nitro groups is 1. The molecule has 0 bridgehead atoms. The van der Waals surface area contributed by atoms with Gasteiger partial charge < -0.3 is 0 Å². The maximum absolute atomic E-state index is 11.5. The minimum absolute atomic E-state index is 0.0226. The molecule has 1 amide bonds. The summed E-state index contributed by atoms with van der Waals surface area (Å²) in [7, 11) is 0. The third kappa shape index (κ3) is 1.55. The molecule has 0 fully saturated rings. The molecule has 0 aliphatic carbocycles. The third-order valence-electron chi connectivity index (χ3n) is 2.32. The molecule has 0 N–H and O–H groups in total. The minimum atomic E-state index is -0.958. The van der Waals surface area contributed by atoms with Crippen molar-refractivity contribution in [3.63, 3.8) is 0 Å². The molecule has 0 saturated heterocycles. The van der Waals surface area contributed by atoms with Crippen molar-refractivity contribution in [2.75, 3.05) is 0 Å². The van der Waals surface area contributed by atoms with Crippen LogP contribution in [0.4, 0.5) is 0 Å². The smallest absolute Gasteiger partial charge is 0.267 e. The fourth-order valence-corrected chi connectivity index (χ4v) is 1.89. The number of carbonyl (C=O) groups is 1. The van der Waals surface area contributed by atoms with Gasteiger partial charge in [0.1, 0.15) is 11.9 Å². The summed E-state index contributed by atoms with van der Waals surface area (Å²) < 4.78 is 0. The van der Waals surface area contributed by atoms with E-state index in [1.54, 1.807) is 24.3 Å². The molecular weight excluding hydrogens is 220 g/mol. The molecule has 2 rings (SSSR count). The van der Waals surface area contributed by atoms with Crippen LogP contribution in [0.15, 0.2) is 24.3 Å². The number of halogens is 1. The number of rotatable bonds is 1. The number of nitrogens with zero attached hydrogens (tertiary/aromatic N) is 2. The summed E-state index contributed by atoms with van der Waals surface area (Å²) in [5, 5.41) is 9.43. The molecule has 1 aromatic carbocycles. The molecule has 1 aliphatic heterocycles. The predicted octanol–water partition coefficient (Wildman–Crippen LogP) is 1.50. The summed E-state index contributed by atoms with van der Waals surface area (Å²) in [4.78, 5) is 22.1. The zero-order valence-corrected chi connectivity index (χ0v) is 8.35. The lowest BCUT2D eigenvalue weighted by atomic mass is 10.00. The SMILES string of the molecule is O=C1C(Cl)c2ccccc2CN1[N+](=O)[O-]. The van der Waals surface area contributed by atoms with Crippen molar-refractivity contribution in [1.82, 2.24) is 5.01 Å². The number of hydrogen-bond donors (Lipinski definition) is 0. The normalized spacial score (nSPS) is 19.9. The predicted molar refractivity (Wildman–Crippen MR) is 52.6 cm³/mol. The van der Waals surface area contributed by atoms with E-state index in [0.29, 0.717) is 16.1 Å². The largest absolute Gasteiger partial charge is 0.306 e. The Labute approximate surface area is 90.4 Å². The van der Waals surface area contributed by atoms with Crippen molar-refractivity contribution in [1.29, 1.82) is 0 Å². The Kier molecular flexibility index (Phi) is 2.32. The van der Waals surface area contributed by atoms with Gasteiger partial charge in [-0.05, 0) is 11.1 Å². The first kappa shape index (κ1) is 9.92. The first-order valence-corrected chi connectivity index (χ1v) is 4.72. The molecule has 0 saturated carbocycles. The molecule has 1 unspecified atom stereocenters. The average molecular weight is 227 g/mol. The number of amides is 1. The van der Waals surface area contributed by atoms with Crippen molar-refractivity contribution in [3.05, 3.63) is 45.5 Å². The molecule has 1 atom stereocenters. The summed E-state index contributed by atoms with van der Waals surface area (Å²) in [6.45, 7) is -0.0226. The van der Waals surface area contributed by atoms with E-state index in [2.05, 4.69) is 0 Å². The van der Waals surface area contributed by atoms with E-state index in [-0.39, 0.29) is 6.54 Å². The minimum Gasteiger partial charge on any atom is -0.267 e. The van der Waals surface area contributed by atoms with Crippen molar-refractivity contribution < 1.29 is 9.83 Å². The molecule has 1 aromatic rings. The van der Waals surface area contributed by atoms with Crippen LogP contribution in [0.3, 0.4) is 0 Å². The highest BCUT2D eigenvalue weighted by Crippen LogP contribution is 2.31. The van der Waals surface area contributed by atoms with Crippen LogP contribution >= 0.6 is 11.6 Å². The summed E-state index contributed by atoms with van der Waals surface area (Å²) >= 11 is 5.84. The molecule has 78 valence electrons. The van der Waals surface area contributed by atoms with Crippen LogP contribution in [0.1, 0.15) is 16.5 Å². The lowest BCUT2D eigenvalue weighted by molar-refractivity contribution is -0.639. The Morgan fingerprint density at radius 1 is 1.47 bits per heavy atom. The van der Waals surface area contributed by atoms with Gasteiger partial charge in [0.15, 0.2) is 5.03 Å². The van der Waals surface area contributed by atoms with Crippen LogP contribution in [0.5, 0.6) is 0 Å². The molecule has 0 aromatic heterocycles. The van der Waals surface area contributed by atoms with Gasteiger partial charge in [-0.2, -0.15) is 0 Å². The number of alkyl halides is 1. The lowest BCUT2D eigenvalue weighted by Gasteiger charge is -2.23. The Hall–Kier alpha value is -1.62. The Balaban J connectivity index is 2.45. The highest BCUT2D eigenvalue weighted by molar-refractivity contribution is 6.31. The Morgan fingerprint density at radius 2 is 2.13 bits per heavy atom. The maximum Gasteiger partial charge on any atom is 0.306 e. The molecule has 6 heteroatoms. The van der Waals surface area contributed by atoms with Gasteiger partial charge >= 0.3 is 5.91 Å². The molecule has 0 radical (unpaired) electrons. The second-order valence-corrected chi connectivity index (χ2v) is 3.63. The summed E-state index contributed by atoms with van der Waals surface area (Å²) in [5.74, 6) is -0.680. The number of fused-ring (bicyclic) bond motifs is 1. The number of hydrazine groups is 1. The first-order valence-electron chi connectivity index (χ1n) is 4.29. The van der Waals surface area contributed by atoms with Gasteiger partial charge in [-0.15, -0.1) is 11.6 Å². The number of benzene rings is 1. The van der Waals surface area contributed by atoms with Crippen molar-refractivity contribution in [2.24, 2.45) is 0 Å². The highest BCUT2D eigenvalue weighted by Gasteiger charge is 2.37. The third-order valence-corrected chi connectivity index (χ3v) is 2.74. The van der Waals surface area contributed by atoms with Crippen LogP contribution in [-0.4, -0.2) is 15.9 Å². The van der Waals surface area contributed by atoms with Crippen molar-refractivity contribution >= 4 is 17.5 Å². The molecule has 1 heterocycles. The zero-order valence-electron chi connectivity index (χ0n) is 7.59. The molecule has 0 spiro atoms. The van der Waals surface area contributed by atoms with Crippen molar-refractivity contribution in [3.8, 4) is 0 Å². The number of carbonyl (C=O) groups excluding carboxylic acids is 1. The second kappa shape index (κ2) is 3.51. The van der Waals surface area contributed by atoms with E-state index >= 15 is 0 Å². The van der Waals surface area contributed by atoms with E-state index in [1.165, 1.54) is 0 Å². The van der Waals surface area contributed by atoms with Crippen LogP contribution in [0.2, 0.25) is 0 Å². The molecule has 5 nitrogen and oxygen atoms in total. The van der Waals surface area contributed by atoms with Crippen LogP contribution in [0.25, 0.3) is 0 Å². The van der Waals surface area contributed by atoms with E-state index in [4.69, 9.17) is 11.6 Å². The highest BCUT2D eigenvalue weighted by atomic mass is 35.5. The van der Waals surface area contributed by atoms with Crippen LogP contribution in [-0.2, 0) is 11.3 Å². The molecule has 15 heavy (non-hydrogen) atoms. The molecule has 1 aliphatic rings. The van der Waals surface area contributed by atoms with E-state index in [9.17, 15) is 14.9 Å². The first-order chi connectivity index (χ1) is 7.11. The van der Waals surface area contributed by atoms with Gasteiger partial charge in [0, 0.05) is 0 Å². The fraction of sp³-hybridized carbons (Fsp3) is 0.222. The zero-order chi connectivity index (χ0) is 11.0. The average Bonchev–Trinajstić information content (AvgIpc) is 2.23. The standard InChI is InChI=1S/C9H7ClN2O3/c10-8-7-4-2-1-3-6(7)5-11(9(8)13)12(14)15/h1-4,8H,5H2. The summed E-state index contributed by atoms with van der Waals surface area (Å²) in [5.41, 5.74) is 1.37. The Morgan fingerprint density at radius 3 is 2.80 bits per heavy atom. The van der Waals surface area contributed by atoms with Gasteiger partial charge in [-0.1, -0.05) is 29.3 Å². The summed E-state index contributed by atoms with van der Waals surface area (Å²) in [6.07, 6.45) is 0. The van der Waals surface area contributed by atoms with Gasteiger partial charge in [-0.3, -0.25) is 4.79 Å². The monoisotopic (exact) mass is 226 g/mol. The van der Waals surface area contributed by atoms with Gasteiger partial charge in [0.05, 0.1) is 0 Å². The molecular formula is C9H7ClN2O3. The van der Waals surface area contributed by atoms with E-state index in [0.717, 1.165) is 0 Å². The van der Waals surface area contributed by atoms with Crippen LogP contribution < -0.4 is 0 Å². The fourth-order valence-electron chi connectivity index (χ4n) is 1.57. The van der Waals surface area contributed by atoms with Crippen LogP contribution in [0, 0.1) is 10.1 Å². The van der Waals surface area contributed by atoms with Gasteiger partial charge in [0.25, 0.3) is 0 Å². The second-order valence-electron chi connectivity index (χ2n) is 3.20. The lowest BCUT2D eigenvalue weighted by Crippen LogP contribution is -2.41. The van der Waals surface area contributed by atoms with E-state index in [1.807, 2.05) is 0 Å². The van der Waals surface area contributed by atoms with Gasteiger partial charge in [-0.25, -0.2) is 10.1 Å². The summed E-state index contributed by atoms with van der Waals surface area (Å²) in [6, 6.07) is 6.95.